The minimum atomic E-state index is -0.552. The summed E-state index contributed by atoms with van der Waals surface area (Å²) in [5, 5.41) is -0.00666. The highest BCUT2D eigenvalue weighted by atomic mass is 35.5. The van der Waals surface area contributed by atoms with E-state index in [2.05, 4.69) is 0 Å². The molecule has 1 unspecified atom stereocenters. The molecule has 0 spiro atoms. The van der Waals surface area contributed by atoms with Crippen molar-refractivity contribution in [2.75, 3.05) is 18.9 Å². The summed E-state index contributed by atoms with van der Waals surface area (Å²) in [4.78, 5) is 0. The van der Waals surface area contributed by atoms with Crippen LogP contribution in [0.15, 0.2) is 12.1 Å². The molecule has 1 aromatic carbocycles. The van der Waals surface area contributed by atoms with Gasteiger partial charge in [0.25, 0.3) is 0 Å². The zero-order chi connectivity index (χ0) is 12.1. The molecule has 0 aliphatic rings. The van der Waals surface area contributed by atoms with Crippen molar-refractivity contribution in [3.05, 3.63) is 23.0 Å². The largest absolute Gasteiger partial charge is 0.486 e. The van der Waals surface area contributed by atoms with Gasteiger partial charge in [0.2, 0.25) is 0 Å². The number of anilines is 1. The van der Waals surface area contributed by atoms with Crippen LogP contribution in [0.1, 0.15) is 13.8 Å². The molecule has 1 atom stereocenters. The van der Waals surface area contributed by atoms with Gasteiger partial charge in [0, 0.05) is 18.7 Å². The molecule has 0 radical (unpaired) electrons. The van der Waals surface area contributed by atoms with E-state index in [1.165, 1.54) is 6.07 Å². The van der Waals surface area contributed by atoms with Crippen molar-refractivity contribution >= 4 is 17.3 Å². The first-order valence-electron chi connectivity index (χ1n) is 5.03. The highest BCUT2D eigenvalue weighted by Crippen LogP contribution is 2.28. The number of hydrogen-bond acceptors (Lipinski definition) is 3. The molecule has 16 heavy (non-hydrogen) atoms. The second-order valence-electron chi connectivity index (χ2n) is 3.39. The van der Waals surface area contributed by atoms with Crippen molar-refractivity contribution in [2.24, 2.45) is 0 Å². The highest BCUT2D eigenvalue weighted by molar-refractivity contribution is 6.31. The molecule has 2 N–H and O–H groups in total. The maximum absolute atomic E-state index is 13.0. The van der Waals surface area contributed by atoms with Crippen molar-refractivity contribution < 1.29 is 13.9 Å². The number of nitrogen functional groups attached to an aromatic ring is 1. The van der Waals surface area contributed by atoms with E-state index in [4.69, 9.17) is 26.8 Å². The summed E-state index contributed by atoms with van der Waals surface area (Å²) >= 11 is 5.63. The summed E-state index contributed by atoms with van der Waals surface area (Å²) in [6.07, 6.45) is -0.163. The van der Waals surface area contributed by atoms with E-state index in [0.717, 1.165) is 6.07 Å². The summed E-state index contributed by atoms with van der Waals surface area (Å²) in [6, 6.07) is 2.51. The average molecular weight is 248 g/mol. The van der Waals surface area contributed by atoms with E-state index >= 15 is 0 Å². The highest BCUT2D eigenvalue weighted by Gasteiger charge is 2.10. The minimum absolute atomic E-state index is 0.00666. The zero-order valence-electron chi connectivity index (χ0n) is 9.30. The summed E-state index contributed by atoms with van der Waals surface area (Å²) < 4.78 is 23.7. The predicted molar refractivity (Wildman–Crippen MR) is 62.4 cm³/mol. The third-order valence-electron chi connectivity index (χ3n) is 1.94. The lowest BCUT2D eigenvalue weighted by atomic mass is 10.3. The summed E-state index contributed by atoms with van der Waals surface area (Å²) in [7, 11) is 0. The van der Waals surface area contributed by atoms with Gasteiger partial charge in [0.05, 0.1) is 17.3 Å². The van der Waals surface area contributed by atoms with Crippen molar-refractivity contribution in [1.82, 2.24) is 0 Å². The van der Waals surface area contributed by atoms with Crippen molar-refractivity contribution in [1.29, 1.82) is 0 Å². The summed E-state index contributed by atoms with van der Waals surface area (Å²) in [5.41, 5.74) is 5.83. The van der Waals surface area contributed by atoms with Crippen LogP contribution in [0.2, 0.25) is 5.02 Å². The van der Waals surface area contributed by atoms with Crippen LogP contribution in [-0.4, -0.2) is 19.3 Å². The van der Waals surface area contributed by atoms with Crippen LogP contribution >= 0.6 is 11.6 Å². The number of nitrogens with two attached hydrogens (primary N) is 1. The average Bonchev–Trinajstić information content (AvgIpc) is 2.23. The predicted octanol–water partition coefficient (Wildman–Crippen LogP) is 2.87. The topological polar surface area (TPSA) is 44.5 Å². The first kappa shape index (κ1) is 13.1. The van der Waals surface area contributed by atoms with E-state index in [-0.39, 0.29) is 16.8 Å². The van der Waals surface area contributed by atoms with Crippen molar-refractivity contribution in [2.45, 2.75) is 20.0 Å². The van der Waals surface area contributed by atoms with Gasteiger partial charge in [-0.25, -0.2) is 4.39 Å². The maximum Gasteiger partial charge on any atom is 0.144 e. The van der Waals surface area contributed by atoms with E-state index in [1.807, 2.05) is 13.8 Å². The molecule has 0 bridgehead atoms. The van der Waals surface area contributed by atoms with Crippen LogP contribution < -0.4 is 10.5 Å². The molecular weight excluding hydrogens is 233 g/mol. The van der Waals surface area contributed by atoms with Gasteiger partial charge in [0.1, 0.15) is 17.7 Å². The van der Waals surface area contributed by atoms with Gasteiger partial charge < -0.3 is 15.2 Å². The molecule has 5 heteroatoms. The molecule has 0 amide bonds. The fourth-order valence-corrected chi connectivity index (χ4v) is 1.33. The number of ether oxygens (including phenoxy) is 2. The van der Waals surface area contributed by atoms with Gasteiger partial charge >= 0.3 is 0 Å². The molecule has 0 saturated heterocycles. The Morgan fingerprint density at radius 3 is 2.81 bits per heavy atom. The van der Waals surface area contributed by atoms with Gasteiger partial charge in [-0.2, -0.15) is 0 Å². The van der Waals surface area contributed by atoms with Crippen molar-refractivity contribution in [3.8, 4) is 5.75 Å². The fourth-order valence-electron chi connectivity index (χ4n) is 1.18. The van der Waals surface area contributed by atoms with Crippen LogP contribution in [0, 0.1) is 5.82 Å². The van der Waals surface area contributed by atoms with E-state index < -0.39 is 5.82 Å². The van der Waals surface area contributed by atoms with Gasteiger partial charge in [0.15, 0.2) is 0 Å². The second kappa shape index (κ2) is 5.92. The Balaban J connectivity index is 2.69. The van der Waals surface area contributed by atoms with Crippen LogP contribution in [0.25, 0.3) is 0 Å². The van der Waals surface area contributed by atoms with Crippen LogP contribution in [-0.2, 0) is 4.74 Å². The Morgan fingerprint density at radius 2 is 2.19 bits per heavy atom. The molecule has 1 aromatic rings. The third-order valence-corrected chi connectivity index (χ3v) is 2.23. The SMILES string of the molecule is CCOCC(C)Oc1cc(Cl)c(F)cc1N. The Hall–Kier alpha value is -1.00. The van der Waals surface area contributed by atoms with Crippen LogP contribution in [0.3, 0.4) is 0 Å². The molecule has 3 nitrogen and oxygen atoms in total. The minimum Gasteiger partial charge on any atom is -0.486 e. The molecule has 0 fully saturated rings. The molecule has 0 aromatic heterocycles. The fraction of sp³-hybridized carbons (Fsp3) is 0.455. The first-order chi connectivity index (χ1) is 7.54. The van der Waals surface area contributed by atoms with Crippen LogP contribution in [0.4, 0.5) is 10.1 Å². The zero-order valence-corrected chi connectivity index (χ0v) is 10.1. The van der Waals surface area contributed by atoms with E-state index in [1.54, 1.807) is 0 Å². The van der Waals surface area contributed by atoms with Gasteiger partial charge in [-0.05, 0) is 13.8 Å². The number of rotatable bonds is 5. The van der Waals surface area contributed by atoms with E-state index in [0.29, 0.717) is 19.0 Å². The third kappa shape index (κ3) is 3.54. The first-order valence-corrected chi connectivity index (χ1v) is 5.41. The summed E-state index contributed by atoms with van der Waals surface area (Å²) in [6.45, 7) is 4.81. The molecule has 1 rings (SSSR count). The molecule has 0 heterocycles. The van der Waals surface area contributed by atoms with Crippen molar-refractivity contribution in [3.63, 3.8) is 0 Å². The lowest BCUT2D eigenvalue weighted by molar-refractivity contribution is 0.0661. The number of hydrogen-bond donors (Lipinski definition) is 1. The standard InChI is InChI=1S/C11H15ClFNO2/c1-3-15-6-7(2)16-11-4-8(12)9(13)5-10(11)14/h4-5,7H,3,6,14H2,1-2H3. The second-order valence-corrected chi connectivity index (χ2v) is 3.80. The van der Waals surface area contributed by atoms with Gasteiger partial charge in [-0.3, -0.25) is 0 Å². The molecule has 90 valence electrons. The van der Waals surface area contributed by atoms with Crippen LogP contribution in [0.5, 0.6) is 5.75 Å². The summed E-state index contributed by atoms with van der Waals surface area (Å²) in [5.74, 6) is -0.178. The normalized spacial score (nSPS) is 12.5. The van der Waals surface area contributed by atoms with Gasteiger partial charge in [-0.15, -0.1) is 0 Å². The van der Waals surface area contributed by atoms with E-state index in [9.17, 15) is 4.39 Å². The Morgan fingerprint density at radius 1 is 1.50 bits per heavy atom. The maximum atomic E-state index is 13.0. The number of halogens is 2. The van der Waals surface area contributed by atoms with Gasteiger partial charge in [-0.1, -0.05) is 11.6 Å². The monoisotopic (exact) mass is 247 g/mol. The Labute approximate surface area is 99.3 Å². The Bertz CT molecular complexity index is 360. The molecular formula is C11H15ClFNO2. The quantitative estimate of drug-likeness (QED) is 0.814. The lowest BCUT2D eigenvalue weighted by Gasteiger charge is -2.16. The molecule has 0 aliphatic carbocycles. The molecule has 0 saturated carbocycles. The lowest BCUT2D eigenvalue weighted by Crippen LogP contribution is -2.19. The smallest absolute Gasteiger partial charge is 0.144 e. The Kier molecular flexibility index (Phi) is 4.83. The number of benzene rings is 1. The molecule has 0 aliphatic heterocycles.